The number of halogens is 2. The molecule has 4 heteroatoms. The summed E-state index contributed by atoms with van der Waals surface area (Å²) in [6.07, 6.45) is 0. The number of hydrogen-bond donors (Lipinski definition) is 1. The van der Waals surface area contributed by atoms with Gasteiger partial charge in [0.25, 0.3) is 0 Å². The van der Waals surface area contributed by atoms with E-state index in [1.165, 1.54) is 19.2 Å². The summed E-state index contributed by atoms with van der Waals surface area (Å²) in [6, 6.07) is 3.30. The Hall–Kier alpha value is -1.00. The maximum atomic E-state index is 13.1. The van der Waals surface area contributed by atoms with Crippen LogP contribution in [0.15, 0.2) is 18.2 Å². The minimum absolute atomic E-state index is 0.141. The quantitative estimate of drug-likeness (QED) is 0.780. The third-order valence-corrected chi connectivity index (χ3v) is 1.73. The summed E-state index contributed by atoms with van der Waals surface area (Å²) in [4.78, 5) is 0. The van der Waals surface area contributed by atoms with Gasteiger partial charge in [-0.05, 0) is 6.07 Å². The van der Waals surface area contributed by atoms with Crippen LogP contribution in [0, 0.1) is 11.6 Å². The van der Waals surface area contributed by atoms with Crippen molar-refractivity contribution in [3.63, 3.8) is 0 Å². The molecule has 1 rings (SSSR count). The van der Waals surface area contributed by atoms with Gasteiger partial charge in [-0.15, -0.1) is 0 Å². The lowest BCUT2D eigenvalue weighted by Gasteiger charge is -2.11. The summed E-state index contributed by atoms with van der Waals surface area (Å²) < 4.78 is 30.5. The van der Waals surface area contributed by atoms with E-state index in [4.69, 9.17) is 10.5 Å². The van der Waals surface area contributed by atoms with Crippen molar-refractivity contribution < 1.29 is 13.5 Å². The summed E-state index contributed by atoms with van der Waals surface area (Å²) in [5, 5.41) is 0. The molecule has 0 unspecified atom stereocenters. The van der Waals surface area contributed by atoms with Gasteiger partial charge in [0.05, 0.1) is 12.6 Å². The van der Waals surface area contributed by atoms with E-state index in [1.807, 2.05) is 0 Å². The third kappa shape index (κ3) is 2.23. The fourth-order valence-electron chi connectivity index (χ4n) is 1.08. The van der Waals surface area contributed by atoms with E-state index in [0.717, 1.165) is 6.07 Å². The average molecular weight is 187 g/mol. The van der Waals surface area contributed by atoms with Crippen LogP contribution in [0.3, 0.4) is 0 Å². The topological polar surface area (TPSA) is 35.2 Å². The van der Waals surface area contributed by atoms with Crippen molar-refractivity contribution in [2.75, 3.05) is 13.7 Å². The van der Waals surface area contributed by atoms with E-state index in [1.54, 1.807) is 0 Å². The Balaban J connectivity index is 2.93. The fourth-order valence-corrected chi connectivity index (χ4v) is 1.08. The zero-order valence-electron chi connectivity index (χ0n) is 7.26. The number of ether oxygens (including phenoxy) is 1. The predicted octanol–water partition coefficient (Wildman–Crippen LogP) is 1.61. The molecule has 0 spiro atoms. The first kappa shape index (κ1) is 10.1. The Morgan fingerprint density at radius 2 is 2.15 bits per heavy atom. The normalized spacial score (nSPS) is 12.9. The van der Waals surface area contributed by atoms with Crippen LogP contribution < -0.4 is 5.73 Å². The number of rotatable bonds is 3. The standard InChI is InChI=1S/C9H11F2NO/c1-13-5-8(12)6-3-2-4-7(10)9(6)11/h2-4,8H,5,12H2,1H3/t8-/m0/s1. The minimum Gasteiger partial charge on any atom is -0.383 e. The summed E-state index contributed by atoms with van der Waals surface area (Å²) >= 11 is 0. The highest BCUT2D eigenvalue weighted by Crippen LogP contribution is 2.17. The average Bonchev–Trinajstić information content (AvgIpc) is 2.10. The first-order valence-electron chi connectivity index (χ1n) is 3.85. The Labute approximate surface area is 75.3 Å². The first-order chi connectivity index (χ1) is 6.16. The molecular formula is C9H11F2NO. The molecule has 0 heterocycles. The summed E-state index contributed by atoms with van der Waals surface area (Å²) in [5.74, 6) is -1.78. The van der Waals surface area contributed by atoms with Crippen LogP contribution in [0.5, 0.6) is 0 Å². The van der Waals surface area contributed by atoms with Crippen LogP contribution in [-0.2, 0) is 4.74 Å². The van der Waals surface area contributed by atoms with Gasteiger partial charge < -0.3 is 10.5 Å². The van der Waals surface area contributed by atoms with Gasteiger partial charge >= 0.3 is 0 Å². The van der Waals surface area contributed by atoms with Gasteiger partial charge in [-0.1, -0.05) is 12.1 Å². The molecule has 0 fully saturated rings. The predicted molar refractivity (Wildman–Crippen MR) is 45.2 cm³/mol. The van der Waals surface area contributed by atoms with E-state index >= 15 is 0 Å². The molecule has 0 aliphatic heterocycles. The molecule has 0 aromatic heterocycles. The van der Waals surface area contributed by atoms with Crippen LogP contribution in [0.4, 0.5) is 8.78 Å². The van der Waals surface area contributed by atoms with Gasteiger partial charge in [0.1, 0.15) is 0 Å². The van der Waals surface area contributed by atoms with Gasteiger partial charge in [-0.25, -0.2) is 8.78 Å². The second-order valence-corrected chi connectivity index (χ2v) is 2.70. The van der Waals surface area contributed by atoms with Gasteiger partial charge in [-0.2, -0.15) is 0 Å². The number of methoxy groups -OCH3 is 1. The molecule has 13 heavy (non-hydrogen) atoms. The Kier molecular flexibility index (Phi) is 3.33. The molecule has 72 valence electrons. The molecular weight excluding hydrogens is 176 g/mol. The molecule has 1 atom stereocenters. The maximum Gasteiger partial charge on any atom is 0.163 e. The molecule has 0 bridgehead atoms. The van der Waals surface area contributed by atoms with Crippen molar-refractivity contribution in [1.29, 1.82) is 0 Å². The van der Waals surface area contributed by atoms with Crippen molar-refractivity contribution in [2.24, 2.45) is 5.73 Å². The van der Waals surface area contributed by atoms with E-state index in [0.29, 0.717) is 0 Å². The SMILES string of the molecule is COC[C@H](N)c1cccc(F)c1F. The summed E-state index contributed by atoms with van der Waals surface area (Å²) in [5.41, 5.74) is 5.68. The van der Waals surface area contributed by atoms with E-state index in [-0.39, 0.29) is 12.2 Å². The van der Waals surface area contributed by atoms with Crippen molar-refractivity contribution in [3.8, 4) is 0 Å². The van der Waals surface area contributed by atoms with E-state index < -0.39 is 17.7 Å². The van der Waals surface area contributed by atoms with Crippen molar-refractivity contribution in [3.05, 3.63) is 35.4 Å². The Morgan fingerprint density at radius 3 is 2.77 bits per heavy atom. The van der Waals surface area contributed by atoms with Crippen LogP contribution in [0.25, 0.3) is 0 Å². The molecule has 0 aliphatic carbocycles. The van der Waals surface area contributed by atoms with Crippen molar-refractivity contribution in [2.45, 2.75) is 6.04 Å². The summed E-state index contributed by atoms with van der Waals surface area (Å²) in [7, 11) is 1.46. The van der Waals surface area contributed by atoms with Crippen LogP contribution in [-0.4, -0.2) is 13.7 Å². The van der Waals surface area contributed by atoms with Crippen molar-refractivity contribution in [1.82, 2.24) is 0 Å². The van der Waals surface area contributed by atoms with E-state index in [2.05, 4.69) is 0 Å². The fraction of sp³-hybridized carbons (Fsp3) is 0.333. The molecule has 0 saturated carbocycles. The minimum atomic E-state index is -0.896. The zero-order valence-corrected chi connectivity index (χ0v) is 7.26. The van der Waals surface area contributed by atoms with Crippen LogP contribution in [0.1, 0.15) is 11.6 Å². The Morgan fingerprint density at radius 1 is 1.46 bits per heavy atom. The number of benzene rings is 1. The van der Waals surface area contributed by atoms with Gasteiger partial charge in [0.2, 0.25) is 0 Å². The highest BCUT2D eigenvalue weighted by atomic mass is 19.2. The first-order valence-corrected chi connectivity index (χ1v) is 3.85. The molecule has 2 N–H and O–H groups in total. The van der Waals surface area contributed by atoms with Gasteiger partial charge in [-0.3, -0.25) is 0 Å². The molecule has 1 aromatic rings. The molecule has 0 radical (unpaired) electrons. The largest absolute Gasteiger partial charge is 0.383 e. The van der Waals surface area contributed by atoms with Crippen LogP contribution >= 0.6 is 0 Å². The van der Waals surface area contributed by atoms with Crippen LogP contribution in [0.2, 0.25) is 0 Å². The highest BCUT2D eigenvalue weighted by molar-refractivity contribution is 5.22. The van der Waals surface area contributed by atoms with Gasteiger partial charge in [0, 0.05) is 12.7 Å². The van der Waals surface area contributed by atoms with Gasteiger partial charge in [0.15, 0.2) is 11.6 Å². The number of nitrogens with two attached hydrogens (primary N) is 1. The monoisotopic (exact) mass is 187 g/mol. The third-order valence-electron chi connectivity index (χ3n) is 1.73. The Bertz CT molecular complexity index is 291. The summed E-state index contributed by atoms with van der Waals surface area (Å²) in [6.45, 7) is 0.167. The molecule has 2 nitrogen and oxygen atoms in total. The highest BCUT2D eigenvalue weighted by Gasteiger charge is 2.13. The smallest absolute Gasteiger partial charge is 0.163 e. The maximum absolute atomic E-state index is 13.1. The lowest BCUT2D eigenvalue weighted by atomic mass is 10.1. The van der Waals surface area contributed by atoms with E-state index in [9.17, 15) is 8.78 Å². The lowest BCUT2D eigenvalue weighted by Crippen LogP contribution is -2.18. The lowest BCUT2D eigenvalue weighted by molar-refractivity contribution is 0.179. The second kappa shape index (κ2) is 4.30. The molecule has 0 amide bonds. The number of hydrogen-bond acceptors (Lipinski definition) is 2. The molecule has 1 aromatic carbocycles. The zero-order chi connectivity index (χ0) is 9.84. The second-order valence-electron chi connectivity index (χ2n) is 2.70. The molecule has 0 aliphatic rings. The van der Waals surface area contributed by atoms with Crippen molar-refractivity contribution >= 4 is 0 Å². The molecule has 0 saturated heterocycles.